The first kappa shape index (κ1) is 11.9. The van der Waals surface area contributed by atoms with Crippen molar-refractivity contribution < 1.29 is 9.59 Å². The molecule has 0 saturated heterocycles. The fourth-order valence-electron chi connectivity index (χ4n) is 1.36. The molecule has 0 heterocycles. The molecular formula is C12H7Cl2NO2. The Bertz CT molecular complexity index is 547. The molecule has 0 unspecified atom stereocenters. The van der Waals surface area contributed by atoms with Gasteiger partial charge >= 0.3 is 0 Å². The molecule has 0 aliphatic heterocycles. The third-order valence-electron chi connectivity index (χ3n) is 2.18. The molecule has 0 amide bonds. The normalized spacial score (nSPS) is 16.0. The SMILES string of the molecule is O=C1C=C(Cl)C(=O)C(Nc2ccccc2)=C1Cl. The number of nitrogens with one attached hydrogen (secondary N) is 1. The van der Waals surface area contributed by atoms with E-state index in [0.29, 0.717) is 5.69 Å². The van der Waals surface area contributed by atoms with Gasteiger partial charge in [0.25, 0.3) is 0 Å². The molecule has 0 radical (unpaired) electrons. The fraction of sp³-hybridized carbons (Fsp3) is 0. The van der Waals surface area contributed by atoms with Crippen LogP contribution in [0.2, 0.25) is 0 Å². The predicted octanol–water partition coefficient (Wildman–Crippen LogP) is 2.82. The summed E-state index contributed by atoms with van der Waals surface area (Å²) in [7, 11) is 0. The van der Waals surface area contributed by atoms with Gasteiger partial charge in [-0.05, 0) is 12.1 Å². The van der Waals surface area contributed by atoms with Crippen LogP contribution >= 0.6 is 23.2 Å². The van der Waals surface area contributed by atoms with E-state index in [2.05, 4.69) is 5.32 Å². The summed E-state index contributed by atoms with van der Waals surface area (Å²) in [5.41, 5.74) is 0.670. The van der Waals surface area contributed by atoms with Crippen LogP contribution in [-0.2, 0) is 9.59 Å². The Morgan fingerprint density at radius 1 is 1.00 bits per heavy atom. The molecule has 1 aromatic rings. The molecule has 0 atom stereocenters. The summed E-state index contributed by atoms with van der Waals surface area (Å²) >= 11 is 11.4. The van der Waals surface area contributed by atoms with Crippen LogP contribution in [0.4, 0.5) is 5.69 Å². The Hall–Kier alpha value is -1.58. The van der Waals surface area contributed by atoms with E-state index in [1.807, 2.05) is 6.07 Å². The van der Waals surface area contributed by atoms with Gasteiger partial charge in [-0.25, -0.2) is 0 Å². The van der Waals surface area contributed by atoms with Crippen LogP contribution in [0, 0.1) is 0 Å². The number of hydrogen-bond donors (Lipinski definition) is 1. The zero-order valence-electron chi connectivity index (χ0n) is 8.54. The second-order valence-corrected chi connectivity index (χ2v) is 4.15. The Balaban J connectivity index is 2.35. The first-order valence-corrected chi connectivity index (χ1v) is 5.53. The number of carbonyl (C=O) groups excluding carboxylic acids is 2. The van der Waals surface area contributed by atoms with E-state index in [9.17, 15) is 9.59 Å². The standard InChI is InChI=1S/C12H7Cl2NO2/c13-8-6-9(16)10(14)11(12(8)17)15-7-4-2-1-3-5-7/h1-6,15H. The highest BCUT2D eigenvalue weighted by atomic mass is 35.5. The first-order chi connectivity index (χ1) is 8.09. The van der Waals surface area contributed by atoms with Gasteiger partial charge in [-0.1, -0.05) is 41.4 Å². The molecule has 0 bridgehead atoms. The van der Waals surface area contributed by atoms with Crippen molar-refractivity contribution in [3.63, 3.8) is 0 Å². The Morgan fingerprint density at radius 3 is 2.29 bits per heavy atom. The van der Waals surface area contributed by atoms with Crippen molar-refractivity contribution in [1.29, 1.82) is 0 Å². The second-order valence-electron chi connectivity index (χ2n) is 3.37. The molecule has 3 nitrogen and oxygen atoms in total. The molecule has 1 aliphatic carbocycles. The van der Waals surface area contributed by atoms with Crippen LogP contribution in [0.25, 0.3) is 0 Å². The number of Topliss-reactive ketones (excluding diaryl/α,β-unsaturated/α-hetero) is 1. The molecule has 1 aromatic carbocycles. The number of allylic oxidation sites excluding steroid dienone is 3. The highest BCUT2D eigenvalue weighted by Crippen LogP contribution is 2.25. The third kappa shape index (κ3) is 2.40. The lowest BCUT2D eigenvalue weighted by Gasteiger charge is -2.14. The number of para-hydroxylation sites is 1. The van der Waals surface area contributed by atoms with Crippen LogP contribution in [0.5, 0.6) is 0 Å². The predicted molar refractivity (Wildman–Crippen MR) is 66.9 cm³/mol. The van der Waals surface area contributed by atoms with Gasteiger partial charge in [0.15, 0.2) is 0 Å². The summed E-state index contributed by atoms with van der Waals surface area (Å²) in [5, 5.41) is 2.50. The second kappa shape index (κ2) is 4.73. The van der Waals surface area contributed by atoms with Crippen LogP contribution in [0.3, 0.4) is 0 Å². The van der Waals surface area contributed by atoms with E-state index >= 15 is 0 Å². The Kier molecular flexibility index (Phi) is 3.31. The molecule has 17 heavy (non-hydrogen) atoms. The van der Waals surface area contributed by atoms with Crippen molar-refractivity contribution in [3.05, 3.63) is 52.2 Å². The first-order valence-electron chi connectivity index (χ1n) is 4.77. The average Bonchev–Trinajstić information content (AvgIpc) is 2.33. The fourth-order valence-corrected chi connectivity index (χ4v) is 1.74. The monoisotopic (exact) mass is 267 g/mol. The number of carbonyl (C=O) groups is 2. The summed E-state index contributed by atoms with van der Waals surface area (Å²) < 4.78 is 0. The van der Waals surface area contributed by atoms with Gasteiger partial charge in [0.1, 0.15) is 10.7 Å². The van der Waals surface area contributed by atoms with E-state index in [4.69, 9.17) is 23.2 Å². The maximum absolute atomic E-state index is 11.7. The highest BCUT2D eigenvalue weighted by Gasteiger charge is 2.26. The summed E-state index contributed by atoms with van der Waals surface area (Å²) in [6.07, 6.45) is 1.02. The van der Waals surface area contributed by atoms with Crippen molar-refractivity contribution in [2.45, 2.75) is 0 Å². The number of rotatable bonds is 2. The lowest BCUT2D eigenvalue weighted by molar-refractivity contribution is -0.115. The highest BCUT2D eigenvalue weighted by molar-refractivity contribution is 6.55. The van der Waals surface area contributed by atoms with Gasteiger partial charge in [-0.2, -0.15) is 0 Å². The van der Waals surface area contributed by atoms with E-state index in [0.717, 1.165) is 6.08 Å². The molecule has 2 rings (SSSR count). The largest absolute Gasteiger partial charge is 0.351 e. The van der Waals surface area contributed by atoms with Crippen molar-refractivity contribution in [2.24, 2.45) is 0 Å². The van der Waals surface area contributed by atoms with Gasteiger partial charge in [0, 0.05) is 11.8 Å². The van der Waals surface area contributed by atoms with E-state index in [1.54, 1.807) is 24.3 Å². The number of halogens is 2. The van der Waals surface area contributed by atoms with Gasteiger partial charge in [-0.15, -0.1) is 0 Å². The van der Waals surface area contributed by atoms with Crippen LogP contribution < -0.4 is 5.32 Å². The zero-order chi connectivity index (χ0) is 12.4. The van der Waals surface area contributed by atoms with E-state index in [1.165, 1.54) is 0 Å². The summed E-state index contributed by atoms with van der Waals surface area (Å²) in [4.78, 5) is 23.1. The third-order valence-corrected chi connectivity index (χ3v) is 2.84. The van der Waals surface area contributed by atoms with Crippen molar-refractivity contribution >= 4 is 40.5 Å². The summed E-state index contributed by atoms with van der Waals surface area (Å²) in [6, 6.07) is 8.93. The average molecular weight is 268 g/mol. The van der Waals surface area contributed by atoms with Crippen molar-refractivity contribution in [2.75, 3.05) is 5.32 Å². The van der Waals surface area contributed by atoms with E-state index in [-0.39, 0.29) is 15.8 Å². The molecule has 86 valence electrons. The number of ketones is 2. The van der Waals surface area contributed by atoms with Crippen LogP contribution in [-0.4, -0.2) is 11.6 Å². The molecule has 5 heteroatoms. The minimum Gasteiger partial charge on any atom is -0.351 e. The van der Waals surface area contributed by atoms with Crippen molar-refractivity contribution in [1.82, 2.24) is 0 Å². The van der Waals surface area contributed by atoms with Gasteiger partial charge in [-0.3, -0.25) is 9.59 Å². The molecule has 0 fully saturated rings. The minimum absolute atomic E-state index is 0.00960. The minimum atomic E-state index is -0.486. The molecule has 0 aromatic heterocycles. The van der Waals surface area contributed by atoms with Gasteiger partial charge in [0.05, 0.1) is 5.03 Å². The summed E-state index contributed by atoms with van der Waals surface area (Å²) in [6.45, 7) is 0. The lowest BCUT2D eigenvalue weighted by atomic mass is 10.1. The zero-order valence-corrected chi connectivity index (χ0v) is 10.0. The lowest BCUT2D eigenvalue weighted by Crippen LogP contribution is -2.20. The molecule has 1 N–H and O–H groups in total. The van der Waals surface area contributed by atoms with Gasteiger partial charge in [0.2, 0.25) is 11.6 Å². The maximum atomic E-state index is 11.7. The molecule has 0 spiro atoms. The molecule has 1 aliphatic rings. The van der Waals surface area contributed by atoms with Gasteiger partial charge < -0.3 is 5.32 Å². The van der Waals surface area contributed by atoms with Crippen LogP contribution in [0.15, 0.2) is 52.2 Å². The number of benzene rings is 1. The Morgan fingerprint density at radius 2 is 1.65 bits per heavy atom. The number of hydrogen-bond acceptors (Lipinski definition) is 3. The summed E-state index contributed by atoms with van der Waals surface area (Å²) in [5.74, 6) is -0.963. The maximum Gasteiger partial charge on any atom is 0.222 e. The molecule has 0 saturated carbocycles. The Labute approximate surface area is 108 Å². The van der Waals surface area contributed by atoms with Crippen LogP contribution in [0.1, 0.15) is 0 Å². The quantitative estimate of drug-likeness (QED) is 0.839. The van der Waals surface area contributed by atoms with E-state index < -0.39 is 11.6 Å². The topological polar surface area (TPSA) is 46.2 Å². The smallest absolute Gasteiger partial charge is 0.222 e. The number of anilines is 1. The van der Waals surface area contributed by atoms with Crippen molar-refractivity contribution in [3.8, 4) is 0 Å². The molecular weight excluding hydrogens is 261 g/mol.